The molecular formula is C13H12ClFN2O. The van der Waals surface area contributed by atoms with Gasteiger partial charge in [0.25, 0.3) is 0 Å². The van der Waals surface area contributed by atoms with Gasteiger partial charge in [-0.05, 0) is 24.3 Å². The fourth-order valence-corrected chi connectivity index (χ4v) is 1.75. The maximum atomic E-state index is 13.6. The third-order valence-electron chi connectivity index (χ3n) is 2.48. The van der Waals surface area contributed by atoms with Crippen LogP contribution in [0.4, 0.5) is 21.5 Å². The van der Waals surface area contributed by atoms with Gasteiger partial charge in [-0.25, -0.2) is 4.39 Å². The zero-order valence-corrected chi connectivity index (χ0v) is 10.5. The molecule has 3 nitrogen and oxygen atoms in total. The van der Waals surface area contributed by atoms with E-state index in [0.29, 0.717) is 22.1 Å². The number of rotatable bonds is 3. The zero-order chi connectivity index (χ0) is 13.1. The first-order chi connectivity index (χ1) is 8.61. The molecule has 2 aromatic carbocycles. The number of halogens is 2. The van der Waals surface area contributed by atoms with Crippen molar-refractivity contribution in [2.24, 2.45) is 0 Å². The maximum absolute atomic E-state index is 13.6. The zero-order valence-electron chi connectivity index (χ0n) is 9.71. The number of nitrogen functional groups attached to an aromatic ring is 1. The third-order valence-corrected chi connectivity index (χ3v) is 2.79. The summed E-state index contributed by atoms with van der Waals surface area (Å²) in [6.45, 7) is 0. The number of benzene rings is 2. The van der Waals surface area contributed by atoms with Gasteiger partial charge in [-0.2, -0.15) is 0 Å². The summed E-state index contributed by atoms with van der Waals surface area (Å²) in [5.41, 5.74) is 6.80. The van der Waals surface area contributed by atoms with Crippen molar-refractivity contribution >= 4 is 28.7 Å². The van der Waals surface area contributed by atoms with Crippen molar-refractivity contribution in [1.29, 1.82) is 0 Å². The Morgan fingerprint density at radius 3 is 2.67 bits per heavy atom. The normalized spacial score (nSPS) is 10.2. The molecular weight excluding hydrogens is 255 g/mol. The summed E-state index contributed by atoms with van der Waals surface area (Å²) in [5, 5.41) is 3.30. The van der Waals surface area contributed by atoms with E-state index < -0.39 is 5.82 Å². The molecule has 0 radical (unpaired) electrons. The highest BCUT2D eigenvalue weighted by Crippen LogP contribution is 2.32. The fraction of sp³-hybridized carbons (Fsp3) is 0.0769. The lowest BCUT2D eigenvalue weighted by atomic mass is 10.2. The summed E-state index contributed by atoms with van der Waals surface area (Å²) >= 11 is 6.06. The average molecular weight is 267 g/mol. The van der Waals surface area contributed by atoms with Crippen LogP contribution in [-0.2, 0) is 0 Å². The first kappa shape index (κ1) is 12.5. The Hall–Kier alpha value is -1.94. The molecule has 5 heteroatoms. The van der Waals surface area contributed by atoms with Crippen LogP contribution in [-0.4, -0.2) is 7.11 Å². The molecule has 0 fully saturated rings. The van der Waals surface area contributed by atoms with Gasteiger partial charge in [0, 0.05) is 6.07 Å². The summed E-state index contributed by atoms with van der Waals surface area (Å²) in [6.07, 6.45) is 0. The minimum absolute atomic E-state index is 0.213. The SMILES string of the molecule is COc1ccc(Nc2c(N)cccc2F)c(Cl)c1. The number of para-hydroxylation sites is 1. The van der Waals surface area contributed by atoms with E-state index in [0.717, 1.165) is 0 Å². The van der Waals surface area contributed by atoms with Crippen molar-refractivity contribution in [1.82, 2.24) is 0 Å². The molecule has 0 saturated carbocycles. The number of hydrogen-bond donors (Lipinski definition) is 2. The van der Waals surface area contributed by atoms with Crippen LogP contribution in [0.3, 0.4) is 0 Å². The van der Waals surface area contributed by atoms with Gasteiger partial charge >= 0.3 is 0 Å². The number of nitrogens with one attached hydrogen (secondary N) is 1. The number of hydrogen-bond acceptors (Lipinski definition) is 3. The van der Waals surface area contributed by atoms with Gasteiger partial charge in [0.05, 0.1) is 29.2 Å². The molecule has 0 saturated heterocycles. The molecule has 3 N–H and O–H groups in total. The van der Waals surface area contributed by atoms with Gasteiger partial charge < -0.3 is 15.8 Å². The Bertz CT molecular complexity index is 555. The Labute approximate surface area is 109 Å². The van der Waals surface area contributed by atoms with Gasteiger partial charge in [0.2, 0.25) is 0 Å². The number of anilines is 3. The molecule has 2 rings (SSSR count). The number of methoxy groups -OCH3 is 1. The van der Waals surface area contributed by atoms with E-state index >= 15 is 0 Å². The molecule has 0 amide bonds. The molecule has 0 aliphatic rings. The Morgan fingerprint density at radius 2 is 2.06 bits per heavy atom. The second-order valence-corrected chi connectivity index (χ2v) is 4.08. The molecule has 18 heavy (non-hydrogen) atoms. The van der Waals surface area contributed by atoms with Gasteiger partial charge in [-0.15, -0.1) is 0 Å². The molecule has 0 atom stereocenters. The molecule has 0 spiro atoms. The smallest absolute Gasteiger partial charge is 0.148 e. The van der Waals surface area contributed by atoms with Crippen LogP contribution in [0.15, 0.2) is 36.4 Å². The molecule has 0 aliphatic carbocycles. The van der Waals surface area contributed by atoms with Crippen LogP contribution in [0.25, 0.3) is 0 Å². The quantitative estimate of drug-likeness (QED) is 0.831. The van der Waals surface area contributed by atoms with E-state index in [4.69, 9.17) is 22.1 Å². The van der Waals surface area contributed by atoms with E-state index in [9.17, 15) is 4.39 Å². The van der Waals surface area contributed by atoms with Crippen molar-refractivity contribution in [2.45, 2.75) is 0 Å². The van der Waals surface area contributed by atoms with E-state index in [2.05, 4.69) is 5.32 Å². The maximum Gasteiger partial charge on any atom is 0.148 e. The summed E-state index contributed by atoms with van der Waals surface area (Å²) in [5.74, 6) is 0.203. The highest BCUT2D eigenvalue weighted by atomic mass is 35.5. The van der Waals surface area contributed by atoms with Crippen molar-refractivity contribution in [3.8, 4) is 5.75 Å². The topological polar surface area (TPSA) is 47.3 Å². The van der Waals surface area contributed by atoms with Gasteiger partial charge in [-0.3, -0.25) is 0 Å². The largest absolute Gasteiger partial charge is 0.497 e. The predicted molar refractivity (Wildman–Crippen MR) is 72.1 cm³/mol. The Morgan fingerprint density at radius 1 is 1.28 bits per heavy atom. The fourth-order valence-electron chi connectivity index (χ4n) is 1.53. The van der Waals surface area contributed by atoms with Crippen LogP contribution in [0, 0.1) is 5.82 Å². The first-order valence-electron chi connectivity index (χ1n) is 5.26. The minimum Gasteiger partial charge on any atom is -0.497 e. The average Bonchev–Trinajstić information content (AvgIpc) is 2.35. The number of ether oxygens (including phenoxy) is 1. The van der Waals surface area contributed by atoms with Crippen LogP contribution < -0.4 is 15.8 Å². The molecule has 2 aromatic rings. The van der Waals surface area contributed by atoms with E-state index in [-0.39, 0.29) is 5.69 Å². The van der Waals surface area contributed by atoms with Crippen LogP contribution in [0.5, 0.6) is 5.75 Å². The molecule has 0 bridgehead atoms. The molecule has 0 unspecified atom stereocenters. The van der Waals surface area contributed by atoms with Crippen molar-refractivity contribution in [3.05, 3.63) is 47.2 Å². The van der Waals surface area contributed by atoms with Crippen molar-refractivity contribution < 1.29 is 9.13 Å². The Kier molecular flexibility index (Phi) is 3.58. The van der Waals surface area contributed by atoms with Crippen molar-refractivity contribution in [3.63, 3.8) is 0 Å². The molecule has 94 valence electrons. The van der Waals surface area contributed by atoms with Crippen LogP contribution in [0.1, 0.15) is 0 Å². The highest BCUT2D eigenvalue weighted by molar-refractivity contribution is 6.33. The lowest BCUT2D eigenvalue weighted by Crippen LogP contribution is -1.99. The third kappa shape index (κ3) is 2.49. The second-order valence-electron chi connectivity index (χ2n) is 3.67. The first-order valence-corrected chi connectivity index (χ1v) is 5.64. The predicted octanol–water partition coefficient (Wildman–Crippen LogP) is 3.81. The summed E-state index contributed by atoms with van der Waals surface area (Å²) in [7, 11) is 1.55. The summed E-state index contributed by atoms with van der Waals surface area (Å²) in [6, 6.07) is 9.56. The van der Waals surface area contributed by atoms with Gasteiger partial charge in [-0.1, -0.05) is 17.7 Å². The molecule has 0 aromatic heterocycles. The minimum atomic E-state index is -0.429. The van der Waals surface area contributed by atoms with E-state index in [1.54, 1.807) is 37.4 Å². The standard InChI is InChI=1S/C13H12ClFN2O/c1-18-8-5-6-12(9(14)7-8)17-13-10(15)3-2-4-11(13)16/h2-7,17H,16H2,1H3. The number of nitrogens with two attached hydrogens (primary N) is 1. The monoisotopic (exact) mass is 266 g/mol. The van der Waals surface area contributed by atoms with Crippen molar-refractivity contribution in [2.75, 3.05) is 18.2 Å². The van der Waals surface area contributed by atoms with E-state index in [1.807, 2.05) is 0 Å². The lowest BCUT2D eigenvalue weighted by molar-refractivity contribution is 0.415. The highest BCUT2D eigenvalue weighted by Gasteiger charge is 2.08. The van der Waals surface area contributed by atoms with Crippen LogP contribution in [0.2, 0.25) is 5.02 Å². The van der Waals surface area contributed by atoms with Gasteiger partial charge in [0.15, 0.2) is 0 Å². The van der Waals surface area contributed by atoms with Crippen LogP contribution >= 0.6 is 11.6 Å². The second kappa shape index (κ2) is 5.14. The molecule has 0 aliphatic heterocycles. The lowest BCUT2D eigenvalue weighted by Gasteiger charge is -2.12. The molecule has 0 heterocycles. The summed E-state index contributed by atoms with van der Waals surface area (Å²) in [4.78, 5) is 0. The van der Waals surface area contributed by atoms with E-state index in [1.165, 1.54) is 6.07 Å². The summed E-state index contributed by atoms with van der Waals surface area (Å²) < 4.78 is 18.6. The van der Waals surface area contributed by atoms with Gasteiger partial charge in [0.1, 0.15) is 11.6 Å². The Balaban J connectivity index is 2.34.